The molecule has 0 bridgehead atoms. The molecule has 1 saturated heterocycles. The van der Waals surface area contributed by atoms with Gasteiger partial charge in [-0.25, -0.2) is 8.78 Å². The van der Waals surface area contributed by atoms with Crippen molar-refractivity contribution in [2.24, 2.45) is 17.8 Å². The summed E-state index contributed by atoms with van der Waals surface area (Å²) in [6.07, 6.45) is 4.14. The third-order valence-corrected chi connectivity index (χ3v) is 5.82. The van der Waals surface area contributed by atoms with Crippen molar-refractivity contribution in [2.45, 2.75) is 44.2 Å². The molecule has 2 saturated carbocycles. The van der Waals surface area contributed by atoms with E-state index in [2.05, 4.69) is 0 Å². The van der Waals surface area contributed by atoms with E-state index in [1.165, 1.54) is 12.8 Å². The van der Waals surface area contributed by atoms with Gasteiger partial charge in [0.2, 0.25) is 5.91 Å². The maximum absolute atomic E-state index is 14.1. The monoisotopic (exact) mass is 321 g/mol. The third kappa shape index (κ3) is 2.55. The highest BCUT2D eigenvalue weighted by Gasteiger charge is 2.57. The molecule has 0 aromatic heterocycles. The van der Waals surface area contributed by atoms with E-state index in [4.69, 9.17) is 0 Å². The predicted molar refractivity (Wildman–Crippen MR) is 80.4 cm³/mol. The number of hydrogen-bond donors (Lipinski definition) is 1. The van der Waals surface area contributed by atoms with Gasteiger partial charge in [0.05, 0.1) is 12.1 Å². The number of likely N-dealkylation sites (tertiary alicyclic amines) is 1. The average Bonchev–Trinajstić information content (AvgIpc) is 3.14. The summed E-state index contributed by atoms with van der Waals surface area (Å²) in [4.78, 5) is 14.5. The van der Waals surface area contributed by atoms with Gasteiger partial charge in [-0.2, -0.15) is 0 Å². The fourth-order valence-electron chi connectivity index (χ4n) is 4.67. The highest BCUT2D eigenvalue weighted by Crippen LogP contribution is 2.57. The molecule has 23 heavy (non-hydrogen) atoms. The highest BCUT2D eigenvalue weighted by molar-refractivity contribution is 5.83. The number of amides is 1. The van der Waals surface area contributed by atoms with Gasteiger partial charge in [0.15, 0.2) is 0 Å². The van der Waals surface area contributed by atoms with Crippen molar-refractivity contribution in [1.82, 2.24) is 4.90 Å². The number of hydrogen-bond acceptors (Lipinski definition) is 2. The second kappa shape index (κ2) is 5.55. The number of nitrogens with zero attached hydrogens (tertiary/aromatic N) is 1. The number of β-amino-alcohol motifs (C(OH)–C–C–N with tert-alkyl or cyclic N) is 1. The Bertz CT molecular complexity index is 623. The number of carbonyl (C=O) groups excluding carboxylic acids is 1. The van der Waals surface area contributed by atoms with Crippen molar-refractivity contribution in [2.75, 3.05) is 6.54 Å². The van der Waals surface area contributed by atoms with Crippen LogP contribution in [0.15, 0.2) is 18.2 Å². The average molecular weight is 321 g/mol. The maximum Gasteiger partial charge on any atom is 0.226 e. The lowest BCUT2D eigenvalue weighted by Crippen LogP contribution is -2.34. The SMILES string of the molecule is O=C(C1C2CCCCC21)N1CC(O)CC1c1cc(F)ccc1F. The first-order valence-corrected chi connectivity index (χ1v) is 8.49. The maximum atomic E-state index is 14.1. The number of rotatable bonds is 2. The van der Waals surface area contributed by atoms with Crippen LogP contribution in [0.2, 0.25) is 0 Å². The van der Waals surface area contributed by atoms with Gasteiger partial charge < -0.3 is 10.0 Å². The first-order valence-electron chi connectivity index (χ1n) is 8.49. The van der Waals surface area contributed by atoms with Crippen molar-refractivity contribution in [3.63, 3.8) is 0 Å². The van der Waals surface area contributed by atoms with E-state index < -0.39 is 23.8 Å². The van der Waals surface area contributed by atoms with E-state index >= 15 is 0 Å². The second-order valence-corrected chi connectivity index (χ2v) is 7.20. The fraction of sp³-hybridized carbons (Fsp3) is 0.611. The van der Waals surface area contributed by atoms with E-state index in [0.717, 1.165) is 31.0 Å². The largest absolute Gasteiger partial charge is 0.391 e. The molecular formula is C18H21F2NO2. The van der Waals surface area contributed by atoms with Gasteiger partial charge in [0.1, 0.15) is 11.6 Å². The van der Waals surface area contributed by atoms with Crippen LogP contribution < -0.4 is 0 Å². The zero-order chi connectivity index (χ0) is 16.1. The van der Waals surface area contributed by atoms with Crippen LogP contribution in [0.3, 0.4) is 0 Å². The minimum atomic E-state index is -0.674. The van der Waals surface area contributed by atoms with Crippen LogP contribution in [0.25, 0.3) is 0 Å². The lowest BCUT2D eigenvalue weighted by Gasteiger charge is -2.25. The summed E-state index contributed by atoms with van der Waals surface area (Å²) in [7, 11) is 0. The Balaban J connectivity index is 1.59. The summed E-state index contributed by atoms with van der Waals surface area (Å²) in [5.74, 6) is -0.0557. The molecule has 1 aromatic rings. The topological polar surface area (TPSA) is 40.5 Å². The molecule has 4 unspecified atom stereocenters. The molecule has 124 valence electrons. The van der Waals surface area contributed by atoms with E-state index in [0.29, 0.717) is 11.8 Å². The Morgan fingerprint density at radius 3 is 2.57 bits per heavy atom. The van der Waals surface area contributed by atoms with Crippen LogP contribution in [0, 0.1) is 29.4 Å². The lowest BCUT2D eigenvalue weighted by molar-refractivity contribution is -0.134. The van der Waals surface area contributed by atoms with Crippen LogP contribution >= 0.6 is 0 Å². The summed E-state index contributed by atoms with van der Waals surface area (Å²) in [5, 5.41) is 9.99. The van der Waals surface area contributed by atoms with Crippen LogP contribution in [0.4, 0.5) is 8.78 Å². The minimum Gasteiger partial charge on any atom is -0.391 e. The Kier molecular flexibility index (Phi) is 3.63. The van der Waals surface area contributed by atoms with Crippen molar-refractivity contribution in [3.05, 3.63) is 35.4 Å². The van der Waals surface area contributed by atoms with Crippen molar-refractivity contribution >= 4 is 5.91 Å². The van der Waals surface area contributed by atoms with Crippen LogP contribution in [0.5, 0.6) is 0 Å². The minimum absolute atomic E-state index is 0.0205. The second-order valence-electron chi connectivity index (χ2n) is 7.20. The Morgan fingerprint density at radius 1 is 1.17 bits per heavy atom. The number of fused-ring (bicyclic) bond motifs is 1. The van der Waals surface area contributed by atoms with Crippen molar-refractivity contribution < 1.29 is 18.7 Å². The Labute approximate surface area is 134 Å². The fourth-order valence-corrected chi connectivity index (χ4v) is 4.67. The van der Waals surface area contributed by atoms with E-state index in [-0.39, 0.29) is 30.4 Å². The highest BCUT2D eigenvalue weighted by atomic mass is 19.1. The molecule has 0 radical (unpaired) electrons. The first-order chi connectivity index (χ1) is 11.1. The standard InChI is InChI=1S/C18H21F2NO2/c19-10-5-6-15(20)14(7-10)16-8-11(22)9-21(16)18(23)17-12-3-1-2-4-13(12)17/h5-7,11-13,16-17,22H,1-4,8-9H2. The molecule has 1 N–H and O–H groups in total. The molecule has 0 spiro atoms. The molecule has 4 rings (SSSR count). The number of benzene rings is 1. The normalized spacial score (nSPS) is 36.0. The summed E-state index contributed by atoms with van der Waals surface area (Å²) in [6, 6.07) is 2.76. The molecule has 2 aliphatic carbocycles. The summed E-state index contributed by atoms with van der Waals surface area (Å²) in [5.41, 5.74) is 0.179. The summed E-state index contributed by atoms with van der Waals surface area (Å²) >= 11 is 0. The Morgan fingerprint density at radius 2 is 1.87 bits per heavy atom. The molecule has 3 fully saturated rings. The molecule has 4 atom stereocenters. The third-order valence-electron chi connectivity index (χ3n) is 5.82. The van der Waals surface area contributed by atoms with Crippen LogP contribution in [-0.2, 0) is 4.79 Å². The van der Waals surface area contributed by atoms with Crippen molar-refractivity contribution in [3.8, 4) is 0 Å². The number of aliphatic hydroxyl groups excluding tert-OH is 1. The van der Waals surface area contributed by atoms with Crippen LogP contribution in [-0.4, -0.2) is 28.6 Å². The number of carbonyl (C=O) groups is 1. The molecule has 1 aromatic carbocycles. The molecule has 3 nitrogen and oxygen atoms in total. The molecular weight excluding hydrogens is 300 g/mol. The zero-order valence-electron chi connectivity index (χ0n) is 12.9. The van der Waals surface area contributed by atoms with Gasteiger partial charge >= 0.3 is 0 Å². The van der Waals surface area contributed by atoms with Gasteiger partial charge in [-0.1, -0.05) is 12.8 Å². The molecule has 3 aliphatic rings. The lowest BCUT2D eigenvalue weighted by atomic mass is 10.0. The van der Waals surface area contributed by atoms with Gasteiger partial charge in [-0.3, -0.25) is 4.79 Å². The van der Waals surface area contributed by atoms with Crippen LogP contribution in [0.1, 0.15) is 43.7 Å². The van der Waals surface area contributed by atoms with E-state index in [1.54, 1.807) is 4.90 Å². The summed E-state index contributed by atoms with van der Waals surface area (Å²) in [6.45, 7) is 0.218. The quantitative estimate of drug-likeness (QED) is 0.909. The number of aliphatic hydroxyl groups is 1. The predicted octanol–water partition coefficient (Wildman–Crippen LogP) is 3.04. The van der Waals surface area contributed by atoms with E-state index in [9.17, 15) is 18.7 Å². The Hall–Kier alpha value is -1.49. The molecule has 5 heteroatoms. The summed E-state index contributed by atoms with van der Waals surface area (Å²) < 4.78 is 27.6. The molecule has 1 amide bonds. The van der Waals surface area contributed by atoms with Gasteiger partial charge in [0.25, 0.3) is 0 Å². The van der Waals surface area contributed by atoms with Crippen molar-refractivity contribution in [1.29, 1.82) is 0 Å². The smallest absolute Gasteiger partial charge is 0.226 e. The zero-order valence-corrected chi connectivity index (χ0v) is 12.9. The molecule has 1 aliphatic heterocycles. The molecule has 1 heterocycles. The van der Waals surface area contributed by atoms with Gasteiger partial charge in [0, 0.05) is 18.0 Å². The first kappa shape index (κ1) is 15.1. The van der Waals surface area contributed by atoms with Gasteiger partial charge in [-0.05, 0) is 49.3 Å². The number of halogens is 2. The van der Waals surface area contributed by atoms with Gasteiger partial charge in [-0.15, -0.1) is 0 Å². The van der Waals surface area contributed by atoms with E-state index in [1.807, 2.05) is 0 Å².